The predicted molar refractivity (Wildman–Crippen MR) is 444 cm³/mol. The van der Waals surface area contributed by atoms with Gasteiger partial charge in [0.1, 0.15) is 32.0 Å². The van der Waals surface area contributed by atoms with Gasteiger partial charge in [0.2, 0.25) is 0 Å². The van der Waals surface area contributed by atoms with E-state index in [2.05, 4.69) is 57.7 Å². The molecule has 26 nitrogen and oxygen atoms in total. The fraction of sp³-hybridized carbons (Fsp3) is 0.367. The smallest absolute Gasteiger partial charge is 0.407 e. The van der Waals surface area contributed by atoms with Crippen molar-refractivity contribution >= 4 is 53.4 Å². The molecule has 26 heteroatoms. The highest BCUT2D eigenvalue weighted by Crippen LogP contribution is 2.39. The number of fused-ring (bicyclic) bond motifs is 1. The molecule has 612 valence electrons. The summed E-state index contributed by atoms with van der Waals surface area (Å²) in [6.07, 6.45) is 1.44. The van der Waals surface area contributed by atoms with Gasteiger partial charge in [-0.2, -0.15) is 0 Å². The molecule has 0 saturated heterocycles. The molecule has 0 spiro atoms. The molecule has 116 heavy (non-hydrogen) atoms. The van der Waals surface area contributed by atoms with Crippen molar-refractivity contribution in [3.63, 3.8) is 0 Å². The number of hydrogen-bond acceptors (Lipinski definition) is 17. The average Bonchev–Trinajstić information content (AvgIpc) is 0.807. The highest BCUT2D eigenvalue weighted by Gasteiger charge is 2.30. The summed E-state index contributed by atoms with van der Waals surface area (Å²) in [5, 5.41) is 27.4. The molecule has 0 aliphatic carbocycles. The van der Waals surface area contributed by atoms with Gasteiger partial charge in [0, 0.05) is 140 Å². The van der Waals surface area contributed by atoms with Crippen LogP contribution in [0, 0.1) is 27.7 Å². The fourth-order valence-corrected chi connectivity index (χ4v) is 13.4. The Morgan fingerprint density at radius 3 is 0.974 bits per heavy atom. The van der Waals surface area contributed by atoms with E-state index in [0.717, 1.165) is 22.3 Å². The lowest BCUT2D eigenvalue weighted by Crippen LogP contribution is -2.46. The molecule has 9 N–H and O–H groups in total. The summed E-state index contributed by atoms with van der Waals surface area (Å²) in [7, 11) is 0. The Morgan fingerprint density at radius 1 is 0.336 bits per heavy atom. The van der Waals surface area contributed by atoms with Crippen LogP contribution in [0.1, 0.15) is 167 Å². The van der Waals surface area contributed by atoms with Gasteiger partial charge in [-0.25, -0.2) is 4.79 Å². The van der Waals surface area contributed by atoms with Gasteiger partial charge in [0.25, 0.3) is 47.3 Å². The first kappa shape index (κ1) is 86.3. The van der Waals surface area contributed by atoms with Gasteiger partial charge in [-0.1, -0.05) is 121 Å². The Morgan fingerprint density at radius 2 is 0.629 bits per heavy atom. The average molecular weight is 1580 g/mol. The lowest BCUT2D eigenvalue weighted by atomic mass is 9.97. The number of carbonyl (C=O) groups is 9. The second-order valence-electron chi connectivity index (χ2n) is 29.6. The number of nitrogens with one attached hydrogen (secondary N) is 9. The van der Waals surface area contributed by atoms with Crippen LogP contribution in [0.15, 0.2) is 170 Å². The number of benzene rings is 8. The van der Waals surface area contributed by atoms with Gasteiger partial charge in [-0.05, 0) is 161 Å². The van der Waals surface area contributed by atoms with E-state index in [4.69, 9.17) is 23.7 Å². The van der Waals surface area contributed by atoms with Crippen LogP contribution >= 0.6 is 0 Å². The summed E-state index contributed by atoms with van der Waals surface area (Å²) in [5.41, 5.74) is 6.99. The number of amides is 9. The van der Waals surface area contributed by atoms with E-state index in [1.165, 1.54) is 12.1 Å². The Kier molecular flexibility index (Phi) is 32.3. The zero-order valence-corrected chi connectivity index (χ0v) is 67.4. The zero-order valence-electron chi connectivity index (χ0n) is 67.4. The maximum Gasteiger partial charge on any atom is 0.407 e. The maximum absolute atomic E-state index is 15.1. The van der Waals surface area contributed by atoms with Gasteiger partial charge in [0.05, 0.1) is 22.3 Å². The second kappa shape index (κ2) is 43.4. The molecule has 0 atom stereocenters. The van der Waals surface area contributed by atoms with Crippen molar-refractivity contribution in [1.82, 2.24) is 62.6 Å². The third kappa shape index (κ3) is 25.4. The van der Waals surface area contributed by atoms with E-state index in [1.807, 2.05) is 126 Å². The van der Waals surface area contributed by atoms with Crippen LogP contribution in [0.25, 0.3) is 0 Å². The van der Waals surface area contributed by atoms with Crippen LogP contribution in [0.3, 0.4) is 0 Å². The Balaban J connectivity index is 0.988. The highest BCUT2D eigenvalue weighted by molar-refractivity contribution is 6.05. The molecular weight excluding hydrogens is 1470 g/mol. The molecule has 9 amide bonds. The largest absolute Gasteiger partial charge is 0.484 e. The van der Waals surface area contributed by atoms with Crippen molar-refractivity contribution in [3.05, 3.63) is 259 Å². The number of nitrogens with zero attached hydrogens (tertiary/aromatic N) is 3. The van der Waals surface area contributed by atoms with Gasteiger partial charge >= 0.3 is 6.09 Å². The molecule has 17 rings (SSSR count). The molecule has 9 aliphatic heterocycles. The van der Waals surface area contributed by atoms with E-state index in [1.54, 1.807) is 84.9 Å². The first-order chi connectivity index (χ1) is 56.1. The van der Waals surface area contributed by atoms with E-state index >= 15 is 9.59 Å². The number of ether oxygens (including phenoxy) is 5. The highest BCUT2D eigenvalue weighted by atomic mass is 16.6. The number of carbonyl (C=O) groups excluding carboxylic acids is 9. The summed E-state index contributed by atoms with van der Waals surface area (Å²) in [4.78, 5) is 135. The maximum atomic E-state index is 15.1. The molecule has 8 aromatic carbocycles. The van der Waals surface area contributed by atoms with Crippen molar-refractivity contribution in [1.29, 1.82) is 0 Å². The number of unbranched alkanes of at least 4 members (excludes halogenated alkanes) is 2. The number of rotatable bonds is 23. The van der Waals surface area contributed by atoms with Crippen molar-refractivity contribution < 1.29 is 66.8 Å². The molecular formula is C90H108N12O14. The molecule has 0 fully saturated rings. The molecule has 0 saturated carbocycles. The molecule has 8 aromatic rings. The number of hydrogen-bond donors (Lipinski definition) is 9. The quantitative estimate of drug-likeness (QED) is 0.0269. The fourth-order valence-electron chi connectivity index (χ4n) is 13.4. The van der Waals surface area contributed by atoms with Crippen LogP contribution in [0.2, 0.25) is 0 Å². The molecule has 9 aliphatic rings. The van der Waals surface area contributed by atoms with Gasteiger partial charge in [-0.15, -0.1) is 0 Å². The van der Waals surface area contributed by atoms with Crippen LogP contribution in [0.4, 0.5) is 4.79 Å². The van der Waals surface area contributed by atoms with E-state index in [0.29, 0.717) is 116 Å². The first-order valence-corrected chi connectivity index (χ1v) is 39.7. The van der Waals surface area contributed by atoms with Crippen molar-refractivity contribution in [3.8, 4) is 23.0 Å². The molecule has 0 unspecified atom stereocenters. The topological polar surface area (TPSA) is 318 Å². The van der Waals surface area contributed by atoms with Crippen molar-refractivity contribution in [2.45, 2.75) is 99.8 Å². The minimum Gasteiger partial charge on any atom is -0.484 e. The minimum absolute atomic E-state index is 0.00177. The summed E-state index contributed by atoms with van der Waals surface area (Å²) in [5.74, 6) is -3.29. The SMILES string of the molecule is Cc1c2ccc(c1C)C(=O)NCCN1CCNC(=O)c3ccc(c(C)c3C)C(=O)NCCN(CCNC2=O)CCNC(=O)c2ccc(c(OCc3ccccc3)c2OCc2ccccc2)C(=O)NCCN(CCNC(=O)c2ccc(C(=O)NCCCCCNC(=O)OC(C)(C)C)c(OCc3ccccc3)c2OCc2ccccc2)CC1. The molecule has 0 aromatic heterocycles. The Labute approximate surface area is 678 Å². The standard InChI is InChI=1S/C90H108N12O14/c1-61-63(3)71-33-31-69(61)81(103)92-41-48-100-49-42-93-82(104)70-32-34-72(64(4)62(70)2)84(106)95-45-52-101(51-44-94-83(71)105)55-56-102(54-47-98-88(110)76-38-37-75(86(108)96-43-50-100)79(114-59-67-27-17-10-18-28-67)80(76)115-60-68-29-19-11-20-30-68)53-46-97-87(109)74-36-35-73(85(107)91-39-21-12-22-40-99-89(111)116-90(5,6)7)77(112-57-65-23-13-8-14-24-65)78(74)113-58-66-25-15-9-16-26-66/h8-11,13-20,23-38H,12,21-22,39-60H2,1-7H3,(H,91,107)(H,92,103)(H,93,104)(H,94,105)(H,95,106)(H,96,108)(H,97,109)(H,98,110)(H,99,111). The molecule has 0 radical (unpaired) electrons. The van der Waals surface area contributed by atoms with E-state index in [-0.39, 0.29) is 161 Å². The van der Waals surface area contributed by atoms with Crippen molar-refractivity contribution in [2.75, 3.05) is 118 Å². The summed E-state index contributed by atoms with van der Waals surface area (Å²) in [6.45, 7) is 16.8. The van der Waals surface area contributed by atoms with E-state index < -0.39 is 35.3 Å². The summed E-state index contributed by atoms with van der Waals surface area (Å²) >= 11 is 0. The predicted octanol–water partition coefficient (Wildman–Crippen LogP) is 9.80. The lowest BCUT2D eigenvalue weighted by molar-refractivity contribution is 0.0525. The van der Waals surface area contributed by atoms with Crippen LogP contribution in [0.5, 0.6) is 23.0 Å². The van der Waals surface area contributed by atoms with Gasteiger partial charge in [-0.3, -0.25) is 53.1 Å². The third-order valence-electron chi connectivity index (χ3n) is 20.2. The molecule has 8 bridgehead atoms. The summed E-state index contributed by atoms with van der Waals surface area (Å²) in [6, 6.07) is 50.3. The number of alkyl carbamates (subject to hydrolysis) is 1. The third-order valence-corrected chi connectivity index (χ3v) is 20.2. The van der Waals surface area contributed by atoms with E-state index in [9.17, 15) is 33.6 Å². The summed E-state index contributed by atoms with van der Waals surface area (Å²) < 4.78 is 31.9. The minimum atomic E-state index is -0.631. The Hall–Kier alpha value is -12.1. The normalized spacial score (nSPS) is 15.9. The van der Waals surface area contributed by atoms with Crippen LogP contribution < -0.4 is 66.8 Å². The lowest BCUT2D eigenvalue weighted by Gasteiger charge is -2.28. The van der Waals surface area contributed by atoms with Crippen molar-refractivity contribution in [2.24, 2.45) is 0 Å². The first-order valence-electron chi connectivity index (χ1n) is 39.7. The van der Waals surface area contributed by atoms with Gasteiger partial charge < -0.3 is 71.5 Å². The monoisotopic (exact) mass is 1580 g/mol. The zero-order chi connectivity index (χ0) is 82.4. The molecule has 9 heterocycles. The Bertz CT molecular complexity index is 4600. The second-order valence-corrected chi connectivity index (χ2v) is 29.6. The van der Waals surface area contributed by atoms with Crippen LogP contribution in [-0.2, 0) is 31.2 Å². The van der Waals surface area contributed by atoms with Gasteiger partial charge in [0.15, 0.2) is 23.0 Å². The van der Waals surface area contributed by atoms with Crippen LogP contribution in [-0.4, -0.2) is 191 Å².